The van der Waals surface area contributed by atoms with Crippen LogP contribution in [0.1, 0.15) is 37.3 Å². The van der Waals surface area contributed by atoms with Crippen molar-refractivity contribution < 1.29 is 19.4 Å². The van der Waals surface area contributed by atoms with Crippen molar-refractivity contribution in [3.8, 4) is 17.4 Å². The number of aryl methyl sites for hydroxylation is 1. The molecule has 0 aliphatic rings. The second-order valence-corrected chi connectivity index (χ2v) is 8.67. The van der Waals surface area contributed by atoms with Crippen LogP contribution < -0.4 is 9.47 Å². The van der Waals surface area contributed by atoms with Crippen LogP contribution in [0.2, 0.25) is 0 Å². The number of ether oxygens (including phenoxy) is 2. The molecule has 36 heavy (non-hydrogen) atoms. The first-order valence-corrected chi connectivity index (χ1v) is 12.2. The number of azo groups is 1. The van der Waals surface area contributed by atoms with Gasteiger partial charge in [-0.2, -0.15) is 0 Å². The molecule has 0 aliphatic heterocycles. The molecule has 0 radical (unpaired) electrons. The smallest absolute Gasteiger partial charge is 0.302 e. The van der Waals surface area contributed by atoms with Crippen molar-refractivity contribution in [1.29, 1.82) is 0 Å². The fourth-order valence-corrected chi connectivity index (χ4v) is 3.86. The van der Waals surface area contributed by atoms with E-state index in [0.717, 1.165) is 41.7 Å². The summed E-state index contributed by atoms with van der Waals surface area (Å²) in [6.45, 7) is 5.05. The van der Waals surface area contributed by atoms with Crippen LogP contribution in [0, 0.1) is 6.92 Å². The second kappa shape index (κ2) is 12.0. The van der Waals surface area contributed by atoms with E-state index in [0.29, 0.717) is 24.3 Å². The van der Waals surface area contributed by atoms with E-state index in [-0.39, 0.29) is 18.2 Å². The Balaban J connectivity index is 1.46. The van der Waals surface area contributed by atoms with Gasteiger partial charge in [0.1, 0.15) is 11.5 Å². The van der Waals surface area contributed by atoms with Gasteiger partial charge in [0, 0.05) is 5.39 Å². The lowest BCUT2D eigenvalue weighted by molar-refractivity contribution is -0.120. The van der Waals surface area contributed by atoms with Crippen molar-refractivity contribution in [2.24, 2.45) is 10.2 Å². The SMILES string of the molecule is CCCCCOc1ccc(Cn2c(O)c(N=NC(=O)COc3ccc(C)cc3)c3ccccc32)cc1. The average Bonchev–Trinajstić information content (AvgIpc) is 3.16. The van der Waals surface area contributed by atoms with Gasteiger partial charge in [-0.3, -0.25) is 4.79 Å². The lowest BCUT2D eigenvalue weighted by atomic mass is 10.2. The number of carbonyl (C=O) groups excluding carboxylic acids is 1. The van der Waals surface area contributed by atoms with Gasteiger partial charge < -0.3 is 19.1 Å². The Morgan fingerprint density at radius 2 is 1.61 bits per heavy atom. The molecule has 1 aromatic heterocycles. The predicted molar refractivity (Wildman–Crippen MR) is 140 cm³/mol. The fourth-order valence-electron chi connectivity index (χ4n) is 3.86. The van der Waals surface area contributed by atoms with Crippen molar-refractivity contribution in [3.63, 3.8) is 0 Å². The van der Waals surface area contributed by atoms with Crippen LogP contribution in [-0.2, 0) is 11.3 Å². The molecule has 4 rings (SSSR count). The molecule has 0 saturated heterocycles. The highest BCUT2D eigenvalue weighted by Crippen LogP contribution is 2.39. The zero-order valence-corrected chi connectivity index (χ0v) is 20.7. The number of carbonyl (C=O) groups is 1. The molecule has 7 heteroatoms. The Labute approximate surface area is 211 Å². The van der Waals surface area contributed by atoms with Crippen molar-refractivity contribution in [2.45, 2.75) is 39.7 Å². The highest BCUT2D eigenvalue weighted by molar-refractivity contribution is 5.95. The van der Waals surface area contributed by atoms with Crippen LogP contribution in [0.4, 0.5) is 5.69 Å². The summed E-state index contributed by atoms with van der Waals surface area (Å²) in [7, 11) is 0. The summed E-state index contributed by atoms with van der Waals surface area (Å²) in [5.41, 5.74) is 3.15. The van der Waals surface area contributed by atoms with Crippen molar-refractivity contribution >= 4 is 22.5 Å². The van der Waals surface area contributed by atoms with E-state index < -0.39 is 5.91 Å². The number of amides is 1. The van der Waals surface area contributed by atoms with Gasteiger partial charge in [0.2, 0.25) is 5.88 Å². The summed E-state index contributed by atoms with van der Waals surface area (Å²) >= 11 is 0. The van der Waals surface area contributed by atoms with Crippen molar-refractivity contribution in [3.05, 3.63) is 83.9 Å². The predicted octanol–water partition coefficient (Wildman–Crippen LogP) is 6.96. The highest BCUT2D eigenvalue weighted by atomic mass is 16.5. The Kier molecular flexibility index (Phi) is 8.34. The molecule has 0 spiro atoms. The van der Waals surface area contributed by atoms with Gasteiger partial charge in [-0.1, -0.05) is 67.8 Å². The molecule has 0 atom stereocenters. The third-order valence-electron chi connectivity index (χ3n) is 5.84. The van der Waals surface area contributed by atoms with Gasteiger partial charge in [0.05, 0.1) is 18.7 Å². The minimum atomic E-state index is -0.540. The summed E-state index contributed by atoms with van der Waals surface area (Å²) in [6.07, 6.45) is 3.36. The molecule has 0 bridgehead atoms. The average molecular weight is 486 g/mol. The van der Waals surface area contributed by atoms with Crippen molar-refractivity contribution in [2.75, 3.05) is 13.2 Å². The first kappa shape index (κ1) is 25.0. The Morgan fingerprint density at radius 1 is 0.917 bits per heavy atom. The molecule has 1 heterocycles. The van der Waals surface area contributed by atoms with E-state index in [1.54, 1.807) is 16.7 Å². The molecule has 0 fully saturated rings. The molecule has 7 nitrogen and oxygen atoms in total. The number of hydrogen-bond acceptors (Lipinski definition) is 5. The monoisotopic (exact) mass is 485 g/mol. The molecular formula is C29H31N3O4. The van der Waals surface area contributed by atoms with Crippen LogP contribution in [0.25, 0.3) is 10.9 Å². The largest absolute Gasteiger partial charge is 0.494 e. The summed E-state index contributed by atoms with van der Waals surface area (Å²) in [4.78, 5) is 12.3. The summed E-state index contributed by atoms with van der Waals surface area (Å²) in [5.74, 6) is 0.826. The minimum absolute atomic E-state index is 0.0490. The van der Waals surface area contributed by atoms with Crippen LogP contribution in [0.5, 0.6) is 17.4 Å². The van der Waals surface area contributed by atoms with E-state index in [9.17, 15) is 9.90 Å². The van der Waals surface area contributed by atoms with E-state index in [4.69, 9.17) is 9.47 Å². The van der Waals surface area contributed by atoms with Gasteiger partial charge >= 0.3 is 5.91 Å². The fraction of sp³-hybridized carbons (Fsp3) is 0.276. The lowest BCUT2D eigenvalue weighted by Gasteiger charge is -2.09. The number of rotatable bonds is 11. The van der Waals surface area contributed by atoms with Gasteiger partial charge in [-0.25, -0.2) is 0 Å². The van der Waals surface area contributed by atoms with Gasteiger partial charge in [-0.05, 0) is 49.2 Å². The van der Waals surface area contributed by atoms with Crippen molar-refractivity contribution in [1.82, 2.24) is 4.57 Å². The van der Waals surface area contributed by atoms with E-state index in [1.165, 1.54) is 0 Å². The number of benzene rings is 3. The van der Waals surface area contributed by atoms with Crippen LogP contribution in [0.3, 0.4) is 0 Å². The van der Waals surface area contributed by atoms with Crippen LogP contribution in [-0.4, -0.2) is 28.8 Å². The third kappa shape index (κ3) is 6.30. The Bertz CT molecular complexity index is 1330. The maximum atomic E-state index is 12.3. The molecule has 0 unspecified atom stereocenters. The van der Waals surface area contributed by atoms with E-state index >= 15 is 0 Å². The topological polar surface area (TPSA) is 85.4 Å². The first-order valence-electron chi connectivity index (χ1n) is 12.2. The first-order chi connectivity index (χ1) is 17.5. The minimum Gasteiger partial charge on any atom is -0.494 e. The number of nitrogens with zero attached hydrogens (tertiary/aromatic N) is 3. The maximum absolute atomic E-state index is 12.3. The van der Waals surface area contributed by atoms with Gasteiger partial charge in [-0.15, -0.1) is 10.2 Å². The molecule has 0 aliphatic carbocycles. The molecule has 186 valence electrons. The summed E-state index contributed by atoms with van der Waals surface area (Å²) < 4.78 is 13.0. The number of unbranched alkanes of at least 4 members (excludes halogenated alkanes) is 2. The Hall–Kier alpha value is -4.13. The van der Waals surface area contributed by atoms with E-state index in [1.807, 2.05) is 67.6 Å². The normalized spacial score (nSPS) is 11.3. The molecule has 1 N–H and O–H groups in total. The van der Waals surface area contributed by atoms with Gasteiger partial charge in [0.15, 0.2) is 12.3 Å². The number of aromatic nitrogens is 1. The highest BCUT2D eigenvalue weighted by Gasteiger charge is 2.17. The van der Waals surface area contributed by atoms with Crippen LogP contribution in [0.15, 0.2) is 83.0 Å². The zero-order chi connectivity index (χ0) is 25.3. The number of hydrogen-bond donors (Lipinski definition) is 1. The van der Waals surface area contributed by atoms with Crippen LogP contribution >= 0.6 is 0 Å². The third-order valence-corrected chi connectivity index (χ3v) is 5.84. The lowest BCUT2D eigenvalue weighted by Crippen LogP contribution is -2.07. The second-order valence-electron chi connectivity index (χ2n) is 8.67. The standard InChI is InChI=1S/C29H31N3O4/c1-3-4-7-18-35-23-16-12-22(13-17-23)19-32-26-9-6-5-8-25(26)28(29(32)34)31-30-27(33)20-36-24-14-10-21(2)11-15-24/h5-6,8-17,34H,3-4,7,18-20H2,1-2H3. The Morgan fingerprint density at radius 3 is 2.36 bits per heavy atom. The molecule has 0 saturated carbocycles. The maximum Gasteiger partial charge on any atom is 0.302 e. The summed E-state index contributed by atoms with van der Waals surface area (Å²) in [5, 5.41) is 19.6. The summed E-state index contributed by atoms with van der Waals surface area (Å²) in [6, 6.07) is 22.8. The molecular weight excluding hydrogens is 454 g/mol. The van der Waals surface area contributed by atoms with Gasteiger partial charge in [0.25, 0.3) is 0 Å². The zero-order valence-electron chi connectivity index (χ0n) is 20.7. The quantitative estimate of drug-likeness (QED) is 0.184. The number of fused-ring (bicyclic) bond motifs is 1. The molecule has 1 amide bonds. The molecule has 3 aromatic carbocycles. The number of aromatic hydroxyl groups is 1. The van der Waals surface area contributed by atoms with E-state index in [2.05, 4.69) is 17.2 Å². The number of para-hydroxylation sites is 1. The molecule has 4 aromatic rings.